The standard InChI is InChI=1S/C22H19O2P/c23-16-17-25(20-14-8-3-9-15-20)22(19-12-6-2-7-13-19)21(24)18-10-4-1-5-11-18/h1-17,23-24H/b17-16+,22-21-. The van der Waals surface area contributed by atoms with Crippen molar-refractivity contribution in [2.75, 3.05) is 0 Å². The Morgan fingerprint density at radius 3 is 1.68 bits per heavy atom. The summed E-state index contributed by atoms with van der Waals surface area (Å²) in [6, 6.07) is 29.3. The molecule has 0 fully saturated rings. The van der Waals surface area contributed by atoms with E-state index in [2.05, 4.69) is 0 Å². The molecule has 3 aromatic carbocycles. The molecule has 0 bridgehead atoms. The molecule has 124 valence electrons. The molecule has 3 aromatic rings. The van der Waals surface area contributed by atoms with Gasteiger partial charge >= 0.3 is 0 Å². The maximum Gasteiger partial charge on any atom is 0.131 e. The van der Waals surface area contributed by atoms with Crippen LogP contribution in [0.5, 0.6) is 0 Å². The summed E-state index contributed by atoms with van der Waals surface area (Å²) in [5, 5.41) is 22.4. The molecule has 2 nitrogen and oxygen atoms in total. The van der Waals surface area contributed by atoms with Gasteiger partial charge < -0.3 is 10.2 Å². The molecule has 2 N–H and O–H groups in total. The summed E-state index contributed by atoms with van der Waals surface area (Å²) >= 11 is 0. The van der Waals surface area contributed by atoms with Crippen molar-refractivity contribution in [3.05, 3.63) is 114 Å². The van der Waals surface area contributed by atoms with Gasteiger partial charge in [0, 0.05) is 10.9 Å². The molecule has 3 heteroatoms. The lowest BCUT2D eigenvalue weighted by Gasteiger charge is -2.20. The summed E-state index contributed by atoms with van der Waals surface area (Å²) in [5.41, 5.74) is 1.70. The Labute approximate surface area is 149 Å². The highest BCUT2D eigenvalue weighted by Crippen LogP contribution is 2.53. The van der Waals surface area contributed by atoms with Gasteiger partial charge in [-0.15, -0.1) is 0 Å². The molecule has 1 atom stereocenters. The van der Waals surface area contributed by atoms with Gasteiger partial charge in [0.25, 0.3) is 0 Å². The first kappa shape index (κ1) is 17.0. The predicted molar refractivity (Wildman–Crippen MR) is 107 cm³/mol. The molecule has 0 radical (unpaired) electrons. The summed E-state index contributed by atoms with van der Waals surface area (Å²) in [4.78, 5) is 0. The van der Waals surface area contributed by atoms with Crippen LogP contribution < -0.4 is 5.30 Å². The van der Waals surface area contributed by atoms with E-state index in [9.17, 15) is 10.2 Å². The average Bonchev–Trinajstić information content (AvgIpc) is 2.69. The van der Waals surface area contributed by atoms with Crippen LogP contribution in [0.3, 0.4) is 0 Å². The average molecular weight is 346 g/mol. The highest BCUT2D eigenvalue weighted by atomic mass is 31.1. The van der Waals surface area contributed by atoms with Crippen molar-refractivity contribution < 1.29 is 10.2 Å². The van der Waals surface area contributed by atoms with E-state index in [0.717, 1.165) is 28.0 Å². The number of aliphatic hydroxyl groups is 2. The zero-order valence-corrected chi connectivity index (χ0v) is 14.6. The third-order valence-corrected chi connectivity index (χ3v) is 6.05. The Morgan fingerprint density at radius 1 is 0.680 bits per heavy atom. The van der Waals surface area contributed by atoms with Gasteiger partial charge in [-0.05, 0) is 24.6 Å². The van der Waals surface area contributed by atoms with Crippen LogP contribution in [0.1, 0.15) is 11.1 Å². The van der Waals surface area contributed by atoms with Gasteiger partial charge in [0.15, 0.2) is 0 Å². The fraction of sp³-hybridized carbons (Fsp3) is 0. The molecule has 0 amide bonds. The van der Waals surface area contributed by atoms with Crippen molar-refractivity contribution in [3.63, 3.8) is 0 Å². The Morgan fingerprint density at radius 2 is 1.16 bits per heavy atom. The molecular weight excluding hydrogens is 327 g/mol. The molecule has 0 saturated heterocycles. The molecule has 0 aromatic heterocycles. The van der Waals surface area contributed by atoms with E-state index >= 15 is 0 Å². The molecule has 0 aliphatic rings. The first-order chi connectivity index (χ1) is 12.3. The van der Waals surface area contributed by atoms with Crippen molar-refractivity contribution in [2.24, 2.45) is 0 Å². The molecule has 0 heterocycles. The van der Waals surface area contributed by atoms with E-state index in [1.165, 1.54) is 0 Å². The van der Waals surface area contributed by atoms with Crippen molar-refractivity contribution in [1.29, 1.82) is 0 Å². The van der Waals surface area contributed by atoms with Gasteiger partial charge in [-0.25, -0.2) is 0 Å². The van der Waals surface area contributed by atoms with Crippen LogP contribution in [-0.2, 0) is 0 Å². The second-order valence-electron chi connectivity index (χ2n) is 5.43. The van der Waals surface area contributed by atoms with E-state index in [1.54, 1.807) is 5.82 Å². The van der Waals surface area contributed by atoms with Crippen LogP contribution in [0.15, 0.2) is 103 Å². The van der Waals surface area contributed by atoms with Gasteiger partial charge in [-0.3, -0.25) is 0 Å². The zero-order chi connectivity index (χ0) is 17.5. The number of benzene rings is 3. The van der Waals surface area contributed by atoms with Crippen molar-refractivity contribution in [2.45, 2.75) is 0 Å². The molecule has 1 unspecified atom stereocenters. The number of hydrogen-bond donors (Lipinski definition) is 2. The lowest BCUT2D eigenvalue weighted by Crippen LogP contribution is -2.02. The third kappa shape index (κ3) is 3.99. The SMILES string of the molecule is O/C=C/P(/C(=C(\O)c1ccccc1)c1ccccc1)c1ccccc1. The van der Waals surface area contributed by atoms with E-state index in [0.29, 0.717) is 0 Å². The molecular formula is C22H19O2P. The zero-order valence-electron chi connectivity index (χ0n) is 13.7. The Kier molecular flexibility index (Phi) is 5.66. The molecule has 3 rings (SSSR count). The minimum absolute atomic E-state index is 0.236. The lowest BCUT2D eigenvalue weighted by atomic mass is 10.1. The van der Waals surface area contributed by atoms with Crippen LogP contribution in [0.25, 0.3) is 11.1 Å². The van der Waals surface area contributed by atoms with Gasteiger partial charge in [-0.1, -0.05) is 91.0 Å². The van der Waals surface area contributed by atoms with Crippen molar-refractivity contribution in [3.8, 4) is 0 Å². The fourth-order valence-corrected chi connectivity index (χ4v) is 4.65. The second kappa shape index (κ2) is 8.32. The molecule has 0 aliphatic heterocycles. The van der Waals surface area contributed by atoms with E-state index < -0.39 is 7.92 Å². The minimum atomic E-state index is -1.06. The highest BCUT2D eigenvalue weighted by Gasteiger charge is 2.20. The van der Waals surface area contributed by atoms with Gasteiger partial charge in [0.05, 0.1) is 6.26 Å². The van der Waals surface area contributed by atoms with Gasteiger partial charge in [-0.2, -0.15) is 0 Å². The number of aliphatic hydroxyl groups excluding tert-OH is 2. The molecule has 0 saturated carbocycles. The molecule has 0 spiro atoms. The van der Waals surface area contributed by atoms with Crippen molar-refractivity contribution in [1.82, 2.24) is 0 Å². The highest BCUT2D eigenvalue weighted by molar-refractivity contribution is 7.78. The summed E-state index contributed by atoms with van der Waals surface area (Å²) in [6.45, 7) is 0. The van der Waals surface area contributed by atoms with Crippen LogP contribution in [0, 0.1) is 0 Å². The normalized spacial score (nSPS) is 13.4. The number of rotatable bonds is 5. The quantitative estimate of drug-likeness (QED) is 0.343. The summed E-state index contributed by atoms with van der Waals surface area (Å²) in [5.74, 6) is 1.99. The first-order valence-corrected chi connectivity index (χ1v) is 9.41. The lowest BCUT2D eigenvalue weighted by molar-refractivity contribution is 0.475. The first-order valence-electron chi connectivity index (χ1n) is 8.00. The maximum atomic E-state index is 11.1. The smallest absolute Gasteiger partial charge is 0.131 e. The summed E-state index contributed by atoms with van der Waals surface area (Å²) < 4.78 is 0. The molecule has 25 heavy (non-hydrogen) atoms. The topological polar surface area (TPSA) is 40.5 Å². The Hall–Kier alpha value is -2.83. The van der Waals surface area contributed by atoms with E-state index in [4.69, 9.17) is 0 Å². The van der Waals surface area contributed by atoms with Gasteiger partial charge in [0.2, 0.25) is 0 Å². The van der Waals surface area contributed by atoms with Crippen LogP contribution in [0.2, 0.25) is 0 Å². The predicted octanol–water partition coefficient (Wildman–Crippen LogP) is 5.91. The largest absolute Gasteiger partial charge is 0.516 e. The van der Waals surface area contributed by atoms with Crippen LogP contribution in [-0.4, -0.2) is 10.2 Å². The van der Waals surface area contributed by atoms with E-state index in [1.807, 2.05) is 91.0 Å². The third-order valence-electron chi connectivity index (χ3n) is 3.81. The summed E-state index contributed by atoms with van der Waals surface area (Å²) in [6.07, 6.45) is 1.07. The number of hydrogen-bond acceptors (Lipinski definition) is 2. The van der Waals surface area contributed by atoms with E-state index in [-0.39, 0.29) is 5.76 Å². The van der Waals surface area contributed by atoms with Gasteiger partial charge in [0.1, 0.15) is 5.76 Å². The Bertz CT molecular complexity index is 856. The monoisotopic (exact) mass is 346 g/mol. The Balaban J connectivity index is 2.23. The fourth-order valence-electron chi connectivity index (χ4n) is 2.66. The molecule has 0 aliphatic carbocycles. The van der Waals surface area contributed by atoms with Crippen LogP contribution in [0.4, 0.5) is 0 Å². The van der Waals surface area contributed by atoms with Crippen LogP contribution >= 0.6 is 7.92 Å². The maximum absolute atomic E-state index is 11.1. The summed E-state index contributed by atoms with van der Waals surface area (Å²) in [7, 11) is -1.06. The minimum Gasteiger partial charge on any atom is -0.516 e. The second-order valence-corrected chi connectivity index (χ2v) is 7.43. The van der Waals surface area contributed by atoms with Crippen molar-refractivity contribution >= 4 is 24.3 Å².